The summed E-state index contributed by atoms with van der Waals surface area (Å²) in [6.07, 6.45) is 4.13. The molecule has 0 saturated carbocycles. The zero-order valence-electron chi connectivity index (χ0n) is 13.2. The van der Waals surface area contributed by atoms with Gasteiger partial charge in [-0.3, -0.25) is 4.79 Å². The van der Waals surface area contributed by atoms with Gasteiger partial charge in [-0.2, -0.15) is 0 Å². The number of nitrogens with one attached hydrogen (secondary N) is 2. The summed E-state index contributed by atoms with van der Waals surface area (Å²) < 4.78 is 0. The quantitative estimate of drug-likeness (QED) is 0.804. The normalized spacial score (nSPS) is 11.5. The second-order valence-electron chi connectivity index (χ2n) is 6.04. The van der Waals surface area contributed by atoms with Crippen LogP contribution in [0.4, 0.5) is 5.82 Å². The van der Waals surface area contributed by atoms with Crippen molar-refractivity contribution in [3.8, 4) is 0 Å². The molecular formula is C15H26N4O. The van der Waals surface area contributed by atoms with Crippen molar-refractivity contribution in [2.24, 2.45) is 11.3 Å². The maximum Gasteiger partial charge on any atom is 0.271 e. The van der Waals surface area contributed by atoms with Crippen LogP contribution in [0.2, 0.25) is 0 Å². The highest BCUT2D eigenvalue weighted by molar-refractivity contribution is 5.92. The van der Waals surface area contributed by atoms with Crippen molar-refractivity contribution in [3.63, 3.8) is 0 Å². The van der Waals surface area contributed by atoms with Gasteiger partial charge in [0.05, 0.1) is 12.4 Å². The molecule has 0 fully saturated rings. The number of hydrogen-bond acceptors (Lipinski definition) is 4. The van der Waals surface area contributed by atoms with Gasteiger partial charge in [-0.15, -0.1) is 0 Å². The van der Waals surface area contributed by atoms with Crippen molar-refractivity contribution in [1.29, 1.82) is 0 Å². The van der Waals surface area contributed by atoms with Gasteiger partial charge in [0, 0.05) is 13.1 Å². The van der Waals surface area contributed by atoms with Crippen molar-refractivity contribution < 1.29 is 4.79 Å². The SMILES string of the molecule is CCCNc1cnc(C(=O)NCC(C)(C)C(C)C)cn1. The monoisotopic (exact) mass is 278 g/mol. The van der Waals surface area contributed by atoms with Crippen molar-refractivity contribution in [2.75, 3.05) is 18.4 Å². The number of rotatable bonds is 7. The van der Waals surface area contributed by atoms with Crippen LogP contribution < -0.4 is 10.6 Å². The van der Waals surface area contributed by atoms with Gasteiger partial charge in [0.25, 0.3) is 5.91 Å². The fraction of sp³-hybridized carbons (Fsp3) is 0.667. The molecule has 0 saturated heterocycles. The highest BCUT2D eigenvalue weighted by Gasteiger charge is 2.23. The first-order valence-corrected chi connectivity index (χ1v) is 7.21. The fourth-order valence-corrected chi connectivity index (χ4v) is 1.39. The first-order chi connectivity index (χ1) is 9.36. The predicted octanol–water partition coefficient (Wildman–Crippen LogP) is 2.71. The van der Waals surface area contributed by atoms with Crippen molar-refractivity contribution >= 4 is 11.7 Å². The summed E-state index contributed by atoms with van der Waals surface area (Å²) >= 11 is 0. The molecule has 1 rings (SSSR count). The van der Waals surface area contributed by atoms with Gasteiger partial charge >= 0.3 is 0 Å². The maximum absolute atomic E-state index is 12.0. The van der Waals surface area contributed by atoms with Crippen LogP contribution in [0.25, 0.3) is 0 Å². The maximum atomic E-state index is 12.0. The van der Waals surface area contributed by atoms with Gasteiger partial charge in [0.15, 0.2) is 0 Å². The number of amides is 1. The Balaban J connectivity index is 2.56. The number of carbonyl (C=O) groups is 1. The minimum Gasteiger partial charge on any atom is -0.369 e. The molecular weight excluding hydrogens is 252 g/mol. The van der Waals surface area contributed by atoms with Crippen LogP contribution in [0.3, 0.4) is 0 Å². The average molecular weight is 278 g/mol. The minimum atomic E-state index is -0.173. The molecule has 1 amide bonds. The Kier molecular flexibility index (Phi) is 5.92. The van der Waals surface area contributed by atoms with Crippen LogP contribution in [0.5, 0.6) is 0 Å². The third kappa shape index (κ3) is 4.79. The molecule has 0 aromatic carbocycles. The molecule has 0 atom stereocenters. The third-order valence-corrected chi connectivity index (χ3v) is 3.71. The van der Waals surface area contributed by atoms with Crippen LogP contribution in [-0.4, -0.2) is 29.0 Å². The smallest absolute Gasteiger partial charge is 0.271 e. The highest BCUT2D eigenvalue weighted by atomic mass is 16.1. The molecule has 20 heavy (non-hydrogen) atoms. The Hall–Kier alpha value is -1.65. The van der Waals surface area contributed by atoms with E-state index in [1.807, 2.05) is 0 Å². The molecule has 112 valence electrons. The second-order valence-corrected chi connectivity index (χ2v) is 6.04. The summed E-state index contributed by atoms with van der Waals surface area (Å²) in [5.41, 5.74) is 0.415. The van der Waals surface area contributed by atoms with E-state index >= 15 is 0 Å². The Labute approximate surface area is 121 Å². The van der Waals surface area contributed by atoms with E-state index in [0.717, 1.165) is 13.0 Å². The molecule has 0 unspecified atom stereocenters. The van der Waals surface area contributed by atoms with E-state index in [-0.39, 0.29) is 11.3 Å². The third-order valence-electron chi connectivity index (χ3n) is 3.71. The van der Waals surface area contributed by atoms with E-state index in [2.05, 4.69) is 55.2 Å². The Morgan fingerprint density at radius 1 is 1.30 bits per heavy atom. The van der Waals surface area contributed by atoms with E-state index in [4.69, 9.17) is 0 Å². The van der Waals surface area contributed by atoms with E-state index in [1.54, 1.807) is 6.20 Å². The number of aromatic nitrogens is 2. The number of carbonyl (C=O) groups excluding carboxylic acids is 1. The van der Waals surface area contributed by atoms with E-state index in [1.165, 1.54) is 6.20 Å². The summed E-state index contributed by atoms with van der Waals surface area (Å²) in [6.45, 7) is 12.1. The van der Waals surface area contributed by atoms with E-state index < -0.39 is 0 Å². The van der Waals surface area contributed by atoms with Gasteiger partial charge in [0.2, 0.25) is 0 Å². The summed E-state index contributed by atoms with van der Waals surface area (Å²) in [5, 5.41) is 6.05. The van der Waals surface area contributed by atoms with E-state index in [9.17, 15) is 4.79 Å². The van der Waals surface area contributed by atoms with Gasteiger partial charge in [0.1, 0.15) is 11.5 Å². The zero-order valence-corrected chi connectivity index (χ0v) is 13.2. The largest absolute Gasteiger partial charge is 0.369 e. The fourth-order valence-electron chi connectivity index (χ4n) is 1.39. The summed E-state index contributed by atoms with van der Waals surface area (Å²) in [4.78, 5) is 20.3. The van der Waals surface area contributed by atoms with Gasteiger partial charge in [-0.1, -0.05) is 34.6 Å². The molecule has 0 radical (unpaired) electrons. The Morgan fingerprint density at radius 2 is 2.00 bits per heavy atom. The predicted molar refractivity (Wildman–Crippen MR) is 81.8 cm³/mol. The molecule has 5 nitrogen and oxygen atoms in total. The lowest BCUT2D eigenvalue weighted by molar-refractivity contribution is 0.0919. The van der Waals surface area contributed by atoms with Crippen LogP contribution in [-0.2, 0) is 0 Å². The summed E-state index contributed by atoms with van der Waals surface area (Å²) in [7, 11) is 0. The number of hydrogen-bond donors (Lipinski definition) is 2. The molecule has 5 heteroatoms. The Morgan fingerprint density at radius 3 is 2.50 bits per heavy atom. The number of anilines is 1. The van der Waals surface area contributed by atoms with Crippen LogP contribution in [0.15, 0.2) is 12.4 Å². The van der Waals surface area contributed by atoms with Crippen LogP contribution in [0, 0.1) is 11.3 Å². The standard InChI is InChI=1S/C15H26N4O/c1-6-7-16-13-9-17-12(8-18-13)14(20)19-10-15(4,5)11(2)3/h8-9,11H,6-7,10H2,1-5H3,(H,16,18)(H,19,20). The Bertz CT molecular complexity index is 426. The van der Waals surface area contributed by atoms with E-state index in [0.29, 0.717) is 24.0 Å². The molecule has 0 aliphatic carbocycles. The average Bonchev–Trinajstić information content (AvgIpc) is 2.43. The first kappa shape index (κ1) is 16.4. The molecule has 0 aliphatic rings. The summed E-state index contributed by atoms with van der Waals surface area (Å²) in [5.74, 6) is 1.02. The minimum absolute atomic E-state index is 0.0612. The zero-order chi connectivity index (χ0) is 15.2. The van der Waals surface area contributed by atoms with Crippen molar-refractivity contribution in [3.05, 3.63) is 18.1 Å². The van der Waals surface area contributed by atoms with Gasteiger partial charge in [-0.25, -0.2) is 9.97 Å². The lowest BCUT2D eigenvalue weighted by atomic mass is 9.81. The van der Waals surface area contributed by atoms with Crippen LogP contribution >= 0.6 is 0 Å². The molecule has 0 spiro atoms. The van der Waals surface area contributed by atoms with Gasteiger partial charge < -0.3 is 10.6 Å². The van der Waals surface area contributed by atoms with Gasteiger partial charge in [-0.05, 0) is 17.8 Å². The lowest BCUT2D eigenvalue weighted by Gasteiger charge is -2.29. The molecule has 2 N–H and O–H groups in total. The molecule has 1 aromatic heterocycles. The van der Waals surface area contributed by atoms with Crippen LogP contribution in [0.1, 0.15) is 51.5 Å². The summed E-state index contributed by atoms with van der Waals surface area (Å²) in [6, 6.07) is 0. The second kappa shape index (κ2) is 7.22. The first-order valence-electron chi connectivity index (χ1n) is 7.21. The van der Waals surface area contributed by atoms with Crippen molar-refractivity contribution in [2.45, 2.75) is 41.0 Å². The molecule has 1 heterocycles. The number of nitrogens with zero attached hydrogens (tertiary/aromatic N) is 2. The van der Waals surface area contributed by atoms with Crippen molar-refractivity contribution in [1.82, 2.24) is 15.3 Å². The lowest BCUT2D eigenvalue weighted by Crippen LogP contribution is -2.37. The molecule has 0 bridgehead atoms. The topological polar surface area (TPSA) is 66.9 Å². The molecule has 1 aromatic rings. The molecule has 0 aliphatic heterocycles. The highest BCUT2D eigenvalue weighted by Crippen LogP contribution is 2.24.